The third-order valence-corrected chi connectivity index (χ3v) is 3.71. The number of thiophene rings is 1. The molecule has 1 saturated heterocycles. The normalized spacial score (nSPS) is 17.2. The van der Waals surface area contributed by atoms with Gasteiger partial charge in [-0.1, -0.05) is 12.5 Å². The van der Waals surface area contributed by atoms with Gasteiger partial charge in [-0.25, -0.2) is 0 Å². The van der Waals surface area contributed by atoms with Crippen LogP contribution >= 0.6 is 11.3 Å². The van der Waals surface area contributed by atoms with E-state index < -0.39 is 0 Å². The molecule has 0 aliphatic carbocycles. The van der Waals surface area contributed by atoms with Crippen LogP contribution in [0.1, 0.15) is 35.4 Å². The molecule has 2 rings (SSSR count). The number of nitrogens with zero attached hydrogens (tertiary/aromatic N) is 1. The lowest BCUT2D eigenvalue weighted by Gasteiger charge is -2.18. The minimum absolute atomic E-state index is 0.0604. The Hall–Kier alpha value is -1.16. The average Bonchev–Trinajstić information content (AvgIpc) is 2.73. The van der Waals surface area contributed by atoms with Crippen LogP contribution in [0.5, 0.6) is 0 Å². The Morgan fingerprint density at radius 3 is 3.00 bits per heavy atom. The van der Waals surface area contributed by atoms with Crippen molar-refractivity contribution in [2.45, 2.75) is 25.7 Å². The van der Waals surface area contributed by atoms with E-state index in [9.17, 15) is 9.59 Å². The van der Waals surface area contributed by atoms with Gasteiger partial charge < -0.3 is 4.90 Å². The second-order valence-electron chi connectivity index (χ2n) is 4.03. The maximum absolute atomic E-state index is 11.8. The van der Waals surface area contributed by atoms with Crippen molar-refractivity contribution in [1.82, 2.24) is 4.90 Å². The summed E-state index contributed by atoms with van der Waals surface area (Å²) in [6.45, 7) is 0.981. The number of amides is 1. The molecule has 0 spiro atoms. The molecule has 0 aromatic carbocycles. The van der Waals surface area contributed by atoms with Crippen LogP contribution < -0.4 is 0 Å². The molecular formula is C12H15NO2S. The van der Waals surface area contributed by atoms with Crippen molar-refractivity contribution in [2.24, 2.45) is 0 Å². The van der Waals surface area contributed by atoms with E-state index in [1.165, 1.54) is 11.3 Å². The lowest BCUT2D eigenvalue weighted by atomic mass is 10.2. The van der Waals surface area contributed by atoms with Crippen LogP contribution in [0.25, 0.3) is 0 Å². The van der Waals surface area contributed by atoms with E-state index >= 15 is 0 Å². The first-order chi connectivity index (χ1) is 7.77. The molecule has 0 radical (unpaired) electrons. The molecule has 4 heteroatoms. The van der Waals surface area contributed by atoms with E-state index in [0.717, 1.165) is 30.7 Å². The molecule has 86 valence electrons. The summed E-state index contributed by atoms with van der Waals surface area (Å²) in [6.07, 6.45) is 3.67. The summed E-state index contributed by atoms with van der Waals surface area (Å²) in [4.78, 5) is 26.0. The lowest BCUT2D eigenvalue weighted by Crippen LogP contribution is -2.34. The molecule has 0 saturated carbocycles. The first-order valence-electron chi connectivity index (χ1n) is 5.62. The number of carbonyl (C=O) groups is 2. The molecule has 3 nitrogen and oxygen atoms in total. The lowest BCUT2D eigenvalue weighted by molar-refractivity contribution is -0.130. The molecule has 0 atom stereocenters. The van der Waals surface area contributed by atoms with Gasteiger partial charge in [0, 0.05) is 13.0 Å². The summed E-state index contributed by atoms with van der Waals surface area (Å²) in [5.41, 5.74) is 0. The molecule has 1 aliphatic rings. The molecule has 2 heterocycles. The second-order valence-corrected chi connectivity index (χ2v) is 4.97. The predicted octanol–water partition coefficient (Wildman–Crippen LogP) is 2.33. The van der Waals surface area contributed by atoms with E-state index in [-0.39, 0.29) is 18.2 Å². The van der Waals surface area contributed by atoms with E-state index in [2.05, 4.69) is 0 Å². The van der Waals surface area contributed by atoms with E-state index in [1.54, 1.807) is 4.90 Å². The average molecular weight is 237 g/mol. The fourth-order valence-electron chi connectivity index (χ4n) is 1.89. The highest BCUT2D eigenvalue weighted by atomic mass is 32.1. The fourth-order valence-corrected chi connectivity index (χ4v) is 2.55. The molecular weight excluding hydrogens is 222 g/mol. The van der Waals surface area contributed by atoms with Crippen LogP contribution in [0.2, 0.25) is 0 Å². The van der Waals surface area contributed by atoms with Gasteiger partial charge in [0.2, 0.25) is 5.91 Å². The summed E-state index contributed by atoms with van der Waals surface area (Å²) in [5, 5.41) is 1.89. The Labute approximate surface area is 99.1 Å². The van der Waals surface area contributed by atoms with Gasteiger partial charge in [0.1, 0.15) is 0 Å². The zero-order valence-corrected chi connectivity index (χ0v) is 9.96. The molecule has 0 N–H and O–H groups in total. The number of Topliss-reactive ketones (excluding diaryl/α,β-unsaturated/α-hetero) is 1. The minimum atomic E-state index is 0.0604. The van der Waals surface area contributed by atoms with Gasteiger partial charge in [-0.3, -0.25) is 9.59 Å². The summed E-state index contributed by atoms with van der Waals surface area (Å²) < 4.78 is 0. The van der Waals surface area contributed by atoms with Gasteiger partial charge in [0.15, 0.2) is 5.78 Å². The van der Waals surface area contributed by atoms with Crippen LogP contribution in [-0.2, 0) is 4.79 Å². The fraction of sp³-hybridized carbons (Fsp3) is 0.500. The predicted molar refractivity (Wildman–Crippen MR) is 63.7 cm³/mol. The monoisotopic (exact) mass is 237 g/mol. The number of hydrogen-bond acceptors (Lipinski definition) is 3. The number of rotatable bonds is 3. The second kappa shape index (κ2) is 5.25. The Bertz CT molecular complexity index is 372. The molecule has 0 bridgehead atoms. The minimum Gasteiger partial charge on any atom is -0.335 e. The zero-order valence-electron chi connectivity index (χ0n) is 9.15. The smallest absolute Gasteiger partial charge is 0.222 e. The van der Waals surface area contributed by atoms with E-state index in [1.807, 2.05) is 17.5 Å². The van der Waals surface area contributed by atoms with Crippen molar-refractivity contribution in [2.75, 3.05) is 13.1 Å². The van der Waals surface area contributed by atoms with Crippen LogP contribution in [0.4, 0.5) is 0 Å². The topological polar surface area (TPSA) is 37.4 Å². The number of ketones is 1. The highest BCUT2D eigenvalue weighted by molar-refractivity contribution is 7.12. The van der Waals surface area contributed by atoms with Crippen molar-refractivity contribution in [1.29, 1.82) is 0 Å². The maximum Gasteiger partial charge on any atom is 0.222 e. The zero-order chi connectivity index (χ0) is 11.4. The molecule has 1 aromatic heterocycles. The standard InChI is InChI=1S/C12H15NO2S/c14-10(11-5-4-8-16-11)9-13-7-3-1-2-6-12(13)15/h4-5,8H,1-3,6-7,9H2. The van der Waals surface area contributed by atoms with Crippen LogP contribution in [0.3, 0.4) is 0 Å². The van der Waals surface area contributed by atoms with Crippen molar-refractivity contribution in [3.05, 3.63) is 22.4 Å². The Kier molecular flexibility index (Phi) is 3.72. The number of hydrogen-bond donors (Lipinski definition) is 0. The maximum atomic E-state index is 11.8. The molecule has 16 heavy (non-hydrogen) atoms. The van der Waals surface area contributed by atoms with Crippen LogP contribution in [-0.4, -0.2) is 29.7 Å². The van der Waals surface area contributed by atoms with E-state index in [0.29, 0.717) is 6.42 Å². The van der Waals surface area contributed by atoms with E-state index in [4.69, 9.17) is 0 Å². The molecule has 1 fully saturated rings. The number of likely N-dealkylation sites (tertiary alicyclic amines) is 1. The van der Waals surface area contributed by atoms with Gasteiger partial charge >= 0.3 is 0 Å². The van der Waals surface area contributed by atoms with Gasteiger partial charge in [-0.05, 0) is 24.3 Å². The Morgan fingerprint density at radius 2 is 2.25 bits per heavy atom. The summed E-state index contributed by atoms with van der Waals surface area (Å²) in [7, 11) is 0. The summed E-state index contributed by atoms with van der Waals surface area (Å²) in [6, 6.07) is 3.68. The molecule has 1 aliphatic heterocycles. The van der Waals surface area contributed by atoms with Gasteiger partial charge in [0.25, 0.3) is 0 Å². The van der Waals surface area contributed by atoms with Gasteiger partial charge in [-0.2, -0.15) is 0 Å². The highest BCUT2D eigenvalue weighted by Crippen LogP contribution is 2.14. The SMILES string of the molecule is O=C(CN1CCCCCC1=O)c1cccs1. The first-order valence-corrected chi connectivity index (χ1v) is 6.50. The van der Waals surface area contributed by atoms with Gasteiger partial charge in [-0.15, -0.1) is 11.3 Å². The van der Waals surface area contributed by atoms with Crippen LogP contribution in [0, 0.1) is 0 Å². The van der Waals surface area contributed by atoms with Crippen LogP contribution in [0.15, 0.2) is 17.5 Å². The number of carbonyl (C=O) groups excluding carboxylic acids is 2. The largest absolute Gasteiger partial charge is 0.335 e. The van der Waals surface area contributed by atoms with Gasteiger partial charge in [0.05, 0.1) is 11.4 Å². The first kappa shape index (κ1) is 11.3. The summed E-state index contributed by atoms with van der Waals surface area (Å²) >= 11 is 1.44. The quantitative estimate of drug-likeness (QED) is 0.757. The Morgan fingerprint density at radius 1 is 1.38 bits per heavy atom. The van der Waals surface area contributed by atoms with Crippen molar-refractivity contribution in [3.63, 3.8) is 0 Å². The third-order valence-electron chi connectivity index (χ3n) is 2.80. The highest BCUT2D eigenvalue weighted by Gasteiger charge is 2.20. The summed E-state index contributed by atoms with van der Waals surface area (Å²) in [5.74, 6) is 0.188. The molecule has 1 amide bonds. The Balaban J connectivity index is 1.97. The van der Waals surface area contributed by atoms with Crippen molar-refractivity contribution in [3.8, 4) is 0 Å². The molecule has 1 aromatic rings. The van der Waals surface area contributed by atoms with Crippen molar-refractivity contribution >= 4 is 23.0 Å². The third kappa shape index (κ3) is 2.70. The molecule has 0 unspecified atom stereocenters. The van der Waals surface area contributed by atoms with Crippen molar-refractivity contribution < 1.29 is 9.59 Å².